The second-order valence-electron chi connectivity index (χ2n) is 9.91. The minimum Gasteiger partial charge on any atom is -0.445 e. The molecule has 204 valence electrons. The highest BCUT2D eigenvalue weighted by atomic mass is 19.4. The molecule has 0 aliphatic carbocycles. The van der Waals surface area contributed by atoms with Gasteiger partial charge < -0.3 is 9.84 Å². The lowest BCUT2D eigenvalue weighted by Crippen LogP contribution is -2.71. The van der Waals surface area contributed by atoms with E-state index >= 15 is 0 Å². The van der Waals surface area contributed by atoms with Crippen LogP contribution >= 0.6 is 0 Å². The number of hydrogen-bond donors (Lipinski definition) is 1. The number of esters is 1. The van der Waals surface area contributed by atoms with Crippen LogP contribution in [0.2, 0.25) is 0 Å². The van der Waals surface area contributed by atoms with Crippen molar-refractivity contribution in [2.24, 2.45) is 16.2 Å². The summed E-state index contributed by atoms with van der Waals surface area (Å²) in [6.07, 6.45) is -32.3. The molecule has 0 aromatic heterocycles. The number of halogens is 13. The van der Waals surface area contributed by atoms with Crippen molar-refractivity contribution in [2.75, 3.05) is 0 Å². The standard InChI is InChI=1S/C18H23F13O3/c1-11(2,3)7-13(12(4,5)6,17(26,27)28)10(32)34-8(16(23,24)25)15(21,22)14(33,9(19)20)18(29,30)31/h8-9,33H,7H2,1-6H3. The van der Waals surface area contributed by atoms with Crippen molar-refractivity contribution in [1.29, 1.82) is 0 Å². The summed E-state index contributed by atoms with van der Waals surface area (Å²) in [5.41, 5.74) is -14.7. The zero-order valence-corrected chi connectivity index (χ0v) is 18.5. The average molecular weight is 534 g/mol. The maximum atomic E-state index is 14.3. The van der Waals surface area contributed by atoms with Crippen LogP contribution in [0.3, 0.4) is 0 Å². The van der Waals surface area contributed by atoms with E-state index in [9.17, 15) is 61.9 Å². The molecule has 1 N–H and O–H groups in total. The molecule has 3 atom stereocenters. The fourth-order valence-electron chi connectivity index (χ4n) is 3.29. The number of hydrogen-bond acceptors (Lipinski definition) is 3. The molecule has 34 heavy (non-hydrogen) atoms. The predicted molar refractivity (Wildman–Crippen MR) is 89.9 cm³/mol. The SMILES string of the molecule is CC(C)(C)CC(C(=O)OC(C(F)(F)F)C(F)(F)C(O)(C(F)F)C(F)(F)F)(C(C)(C)C)C(F)(F)F. The van der Waals surface area contributed by atoms with E-state index < -0.39 is 71.2 Å². The van der Waals surface area contributed by atoms with Gasteiger partial charge in [0.2, 0.25) is 0 Å². The molecule has 0 heterocycles. The molecule has 0 rings (SSSR count). The van der Waals surface area contributed by atoms with Crippen LogP contribution in [0.4, 0.5) is 57.1 Å². The van der Waals surface area contributed by atoms with Crippen LogP contribution in [0.25, 0.3) is 0 Å². The van der Waals surface area contributed by atoms with E-state index in [1.54, 1.807) is 0 Å². The van der Waals surface area contributed by atoms with E-state index in [1.807, 2.05) is 0 Å². The molecule has 0 aromatic rings. The number of alkyl halides is 13. The van der Waals surface area contributed by atoms with E-state index in [1.165, 1.54) is 0 Å². The fraction of sp³-hybridized carbons (Fsp3) is 0.944. The van der Waals surface area contributed by atoms with Gasteiger partial charge in [-0.05, 0) is 17.3 Å². The lowest BCUT2D eigenvalue weighted by Gasteiger charge is -2.48. The van der Waals surface area contributed by atoms with Crippen LogP contribution in [0, 0.1) is 16.2 Å². The minimum absolute atomic E-state index is 0.680. The van der Waals surface area contributed by atoms with Gasteiger partial charge in [0.15, 0.2) is 5.41 Å². The van der Waals surface area contributed by atoms with Crippen LogP contribution in [0.1, 0.15) is 48.0 Å². The molecule has 0 amide bonds. The summed E-state index contributed by atoms with van der Waals surface area (Å²) < 4.78 is 179. The summed E-state index contributed by atoms with van der Waals surface area (Å²) in [6, 6.07) is 0. The summed E-state index contributed by atoms with van der Waals surface area (Å²) in [5.74, 6) is -10.1. The first kappa shape index (κ1) is 32.5. The highest BCUT2D eigenvalue weighted by Crippen LogP contribution is 2.59. The van der Waals surface area contributed by atoms with E-state index in [0.29, 0.717) is 20.8 Å². The Morgan fingerprint density at radius 1 is 0.765 bits per heavy atom. The van der Waals surface area contributed by atoms with Gasteiger partial charge in [0.25, 0.3) is 18.1 Å². The third-order valence-electron chi connectivity index (χ3n) is 5.02. The second kappa shape index (κ2) is 8.87. The van der Waals surface area contributed by atoms with E-state index in [4.69, 9.17) is 5.11 Å². The largest absolute Gasteiger partial charge is 0.445 e. The molecule has 0 aliphatic heterocycles. The first-order chi connectivity index (χ1) is 14.4. The molecule has 0 fully saturated rings. The molecule has 0 aromatic carbocycles. The summed E-state index contributed by atoms with van der Waals surface area (Å²) >= 11 is 0. The molecule has 3 nitrogen and oxygen atoms in total. The van der Waals surface area contributed by atoms with Crippen molar-refractivity contribution in [2.45, 2.75) is 90.5 Å². The molecule has 0 aliphatic rings. The van der Waals surface area contributed by atoms with Crippen LogP contribution < -0.4 is 0 Å². The van der Waals surface area contributed by atoms with Gasteiger partial charge in [-0.15, -0.1) is 0 Å². The molecule has 0 saturated carbocycles. The molecule has 0 bridgehead atoms. The summed E-state index contributed by atoms with van der Waals surface area (Å²) in [6.45, 7) is 5.29. The Balaban J connectivity index is 7.14. The average Bonchev–Trinajstić information content (AvgIpc) is 2.50. The quantitative estimate of drug-likeness (QED) is 0.305. The molecular formula is C18H23F13O3. The lowest BCUT2D eigenvalue weighted by atomic mass is 9.59. The van der Waals surface area contributed by atoms with Gasteiger partial charge in [0, 0.05) is 0 Å². The fourth-order valence-corrected chi connectivity index (χ4v) is 3.29. The monoisotopic (exact) mass is 534 g/mol. The van der Waals surface area contributed by atoms with Gasteiger partial charge in [0.05, 0.1) is 0 Å². The van der Waals surface area contributed by atoms with Crippen molar-refractivity contribution in [3.63, 3.8) is 0 Å². The zero-order chi connectivity index (χ0) is 28.1. The first-order valence-corrected chi connectivity index (χ1v) is 9.21. The number of rotatable bonds is 6. The zero-order valence-electron chi connectivity index (χ0n) is 18.5. The smallest absolute Gasteiger partial charge is 0.431 e. The van der Waals surface area contributed by atoms with Crippen molar-refractivity contribution < 1.29 is 71.7 Å². The number of carbonyl (C=O) groups excluding carboxylic acids is 1. The lowest BCUT2D eigenvalue weighted by molar-refractivity contribution is -0.403. The van der Waals surface area contributed by atoms with Gasteiger partial charge in [-0.25, -0.2) is 8.78 Å². The van der Waals surface area contributed by atoms with Gasteiger partial charge >= 0.3 is 30.4 Å². The predicted octanol–water partition coefficient (Wildman–Crippen LogP) is 6.69. The molecule has 16 heteroatoms. The Hall–Kier alpha value is -1.48. The molecule has 0 saturated heterocycles. The van der Waals surface area contributed by atoms with Gasteiger partial charge in [-0.2, -0.15) is 48.3 Å². The number of carbonyl (C=O) groups is 1. The first-order valence-electron chi connectivity index (χ1n) is 9.21. The Labute approximate surface area is 185 Å². The second-order valence-corrected chi connectivity index (χ2v) is 9.91. The van der Waals surface area contributed by atoms with Gasteiger partial charge in [-0.3, -0.25) is 4.79 Å². The van der Waals surface area contributed by atoms with E-state index in [0.717, 1.165) is 20.8 Å². The molecule has 0 spiro atoms. The Kier molecular flexibility index (Phi) is 8.49. The van der Waals surface area contributed by atoms with Gasteiger partial charge in [-0.1, -0.05) is 41.5 Å². The molecule has 0 radical (unpaired) electrons. The Morgan fingerprint density at radius 3 is 1.35 bits per heavy atom. The van der Waals surface area contributed by atoms with Gasteiger partial charge in [0.1, 0.15) is 0 Å². The van der Waals surface area contributed by atoms with Crippen LogP contribution in [-0.4, -0.2) is 53.7 Å². The maximum Gasteiger partial charge on any atom is 0.431 e. The van der Waals surface area contributed by atoms with Crippen molar-refractivity contribution in [1.82, 2.24) is 0 Å². The van der Waals surface area contributed by atoms with Crippen LogP contribution in [0.5, 0.6) is 0 Å². The summed E-state index contributed by atoms with van der Waals surface area (Å²) in [4.78, 5) is 12.6. The number of ether oxygens (including phenoxy) is 1. The van der Waals surface area contributed by atoms with Crippen LogP contribution in [-0.2, 0) is 9.53 Å². The minimum atomic E-state index is -7.13. The number of aliphatic hydroxyl groups is 1. The highest BCUT2D eigenvalue weighted by Gasteiger charge is 2.82. The topological polar surface area (TPSA) is 46.5 Å². The van der Waals surface area contributed by atoms with Crippen LogP contribution in [0.15, 0.2) is 0 Å². The summed E-state index contributed by atoms with van der Waals surface area (Å²) in [5, 5.41) is 8.97. The Morgan fingerprint density at radius 2 is 1.15 bits per heavy atom. The van der Waals surface area contributed by atoms with Crippen molar-refractivity contribution >= 4 is 5.97 Å². The van der Waals surface area contributed by atoms with E-state index in [-0.39, 0.29) is 0 Å². The maximum absolute atomic E-state index is 14.3. The summed E-state index contributed by atoms with van der Waals surface area (Å²) in [7, 11) is 0. The van der Waals surface area contributed by atoms with Crippen molar-refractivity contribution in [3.05, 3.63) is 0 Å². The third kappa shape index (κ3) is 5.66. The van der Waals surface area contributed by atoms with E-state index in [2.05, 4.69) is 4.74 Å². The third-order valence-corrected chi connectivity index (χ3v) is 5.02. The highest BCUT2D eigenvalue weighted by molar-refractivity contribution is 5.79. The van der Waals surface area contributed by atoms with Crippen molar-refractivity contribution in [3.8, 4) is 0 Å². The normalized spacial score (nSPS) is 19.4. The Bertz CT molecular complexity index is 710. The molecule has 3 unspecified atom stereocenters. The molecular weight excluding hydrogens is 511 g/mol.